The molecule has 0 heterocycles. The zero-order chi connectivity index (χ0) is 16.6. The molecule has 0 aliphatic heterocycles. The van der Waals surface area contributed by atoms with E-state index >= 15 is 0 Å². The van der Waals surface area contributed by atoms with Crippen molar-refractivity contribution in [1.82, 2.24) is 0 Å². The number of hydrogen-bond acceptors (Lipinski definition) is 1. The molecule has 0 radical (unpaired) electrons. The third kappa shape index (κ3) is 4.68. The molecule has 0 saturated carbocycles. The van der Waals surface area contributed by atoms with Crippen LogP contribution in [0.15, 0.2) is 0 Å². The van der Waals surface area contributed by atoms with Crippen molar-refractivity contribution in [2.75, 3.05) is 0 Å². The zero-order valence-corrected chi connectivity index (χ0v) is 13.4. The van der Waals surface area contributed by atoms with Gasteiger partial charge < -0.3 is 5.11 Å². The standard InChI is InChI=1S/C10H12Cl4F4O2/c1-7(2,4-6(19)20)5(11)3-8(12,13)9(15,16)10(14,17)18/h5H,3-4H2,1-2H3,(H,19,20). The molecule has 120 valence electrons. The maximum Gasteiger partial charge on any atom is 0.387 e. The lowest BCUT2D eigenvalue weighted by molar-refractivity contribution is -0.167. The van der Waals surface area contributed by atoms with Crippen LogP contribution < -0.4 is 0 Å². The van der Waals surface area contributed by atoms with Gasteiger partial charge in [0.1, 0.15) is 0 Å². The van der Waals surface area contributed by atoms with E-state index in [4.69, 9.17) is 39.9 Å². The number of carboxylic acid groups (broad SMARTS) is 1. The Morgan fingerprint density at radius 2 is 1.55 bits per heavy atom. The van der Waals surface area contributed by atoms with Gasteiger partial charge in [0.2, 0.25) is 0 Å². The van der Waals surface area contributed by atoms with E-state index in [1.165, 1.54) is 13.8 Å². The summed E-state index contributed by atoms with van der Waals surface area (Å²) in [6.45, 7) is 2.72. The molecular weight excluding hydrogens is 370 g/mol. The predicted molar refractivity (Wildman–Crippen MR) is 70.5 cm³/mol. The van der Waals surface area contributed by atoms with E-state index in [0.29, 0.717) is 0 Å². The van der Waals surface area contributed by atoms with Crippen LogP contribution in [0.4, 0.5) is 17.6 Å². The van der Waals surface area contributed by atoms with E-state index in [-0.39, 0.29) is 0 Å². The van der Waals surface area contributed by atoms with Gasteiger partial charge in [-0.15, -0.1) is 11.6 Å². The molecule has 0 aromatic carbocycles. The molecule has 0 spiro atoms. The van der Waals surface area contributed by atoms with Crippen LogP contribution in [0.3, 0.4) is 0 Å². The largest absolute Gasteiger partial charge is 0.481 e. The number of alkyl halides is 8. The summed E-state index contributed by atoms with van der Waals surface area (Å²) >= 11 is 20.6. The molecule has 0 aliphatic rings. The summed E-state index contributed by atoms with van der Waals surface area (Å²) in [5.74, 6) is -6.18. The Balaban J connectivity index is 5.15. The van der Waals surface area contributed by atoms with Crippen LogP contribution in [0.25, 0.3) is 0 Å². The maximum atomic E-state index is 13.4. The third-order valence-electron chi connectivity index (χ3n) is 2.71. The van der Waals surface area contributed by atoms with Gasteiger partial charge in [-0.2, -0.15) is 17.6 Å². The van der Waals surface area contributed by atoms with Crippen LogP contribution in [-0.2, 0) is 4.79 Å². The fourth-order valence-corrected chi connectivity index (χ4v) is 2.61. The second kappa shape index (κ2) is 6.23. The zero-order valence-electron chi connectivity index (χ0n) is 10.4. The van der Waals surface area contributed by atoms with Gasteiger partial charge >= 0.3 is 17.3 Å². The average Bonchev–Trinajstić information content (AvgIpc) is 2.12. The molecule has 2 nitrogen and oxygen atoms in total. The van der Waals surface area contributed by atoms with E-state index < -0.39 is 45.2 Å². The molecule has 0 aliphatic carbocycles. The molecule has 1 atom stereocenters. The summed E-state index contributed by atoms with van der Waals surface area (Å²) in [6.07, 6.45) is -1.46. The van der Waals surface area contributed by atoms with E-state index in [9.17, 15) is 22.4 Å². The number of hydrogen-bond donors (Lipinski definition) is 1. The summed E-state index contributed by atoms with van der Waals surface area (Å²) in [5, 5.41) is 2.41. The first-order chi connectivity index (χ1) is 8.54. The van der Waals surface area contributed by atoms with Gasteiger partial charge in [0.15, 0.2) is 4.33 Å². The van der Waals surface area contributed by atoms with Gasteiger partial charge in [0.05, 0.1) is 6.42 Å². The van der Waals surface area contributed by atoms with Crippen molar-refractivity contribution in [3.63, 3.8) is 0 Å². The van der Waals surface area contributed by atoms with Crippen LogP contribution >= 0.6 is 46.4 Å². The monoisotopic (exact) mass is 380 g/mol. The highest BCUT2D eigenvalue weighted by Gasteiger charge is 2.68. The third-order valence-corrected chi connectivity index (χ3v) is 4.47. The van der Waals surface area contributed by atoms with Crippen molar-refractivity contribution in [3.8, 4) is 0 Å². The molecule has 0 aromatic heterocycles. The maximum absolute atomic E-state index is 13.4. The molecule has 0 bridgehead atoms. The van der Waals surface area contributed by atoms with Crippen molar-refractivity contribution in [2.24, 2.45) is 5.41 Å². The first kappa shape index (κ1) is 20.3. The molecule has 0 rings (SSSR count). The molecular formula is C10H12Cl4F4O2. The summed E-state index contributed by atoms with van der Waals surface area (Å²) in [4.78, 5) is 10.6. The van der Waals surface area contributed by atoms with Crippen molar-refractivity contribution < 1.29 is 27.5 Å². The quantitative estimate of drug-likeness (QED) is 0.490. The number of aliphatic carboxylic acids is 1. The van der Waals surface area contributed by atoms with Gasteiger partial charge in [-0.25, -0.2) is 0 Å². The van der Waals surface area contributed by atoms with Gasteiger partial charge in [0.25, 0.3) is 0 Å². The summed E-state index contributed by atoms with van der Waals surface area (Å²) in [7, 11) is 0. The van der Waals surface area contributed by atoms with Crippen LogP contribution in [0.2, 0.25) is 0 Å². The van der Waals surface area contributed by atoms with Gasteiger partial charge in [-0.05, 0) is 17.0 Å². The van der Waals surface area contributed by atoms with Crippen LogP contribution in [0.1, 0.15) is 26.7 Å². The predicted octanol–water partition coefficient (Wildman–Crippen LogP) is 5.13. The first-order valence-corrected chi connectivity index (χ1v) is 6.80. The van der Waals surface area contributed by atoms with Crippen molar-refractivity contribution in [3.05, 3.63) is 0 Å². The lowest BCUT2D eigenvalue weighted by atomic mass is 9.82. The Bertz CT molecular complexity index is 369. The van der Waals surface area contributed by atoms with E-state index in [1.54, 1.807) is 0 Å². The van der Waals surface area contributed by atoms with E-state index in [0.717, 1.165) is 0 Å². The number of carbonyl (C=O) groups is 1. The molecule has 0 fully saturated rings. The van der Waals surface area contributed by atoms with E-state index in [1.807, 2.05) is 0 Å². The lowest BCUT2D eigenvalue weighted by Gasteiger charge is -2.37. The van der Waals surface area contributed by atoms with Crippen molar-refractivity contribution >= 4 is 52.4 Å². The summed E-state index contributed by atoms with van der Waals surface area (Å²) in [6, 6.07) is 0. The van der Waals surface area contributed by atoms with Gasteiger partial charge in [0, 0.05) is 11.8 Å². The highest BCUT2D eigenvalue weighted by Crippen LogP contribution is 2.54. The van der Waals surface area contributed by atoms with Crippen molar-refractivity contribution in [1.29, 1.82) is 0 Å². The minimum atomic E-state index is -4.97. The molecule has 1 unspecified atom stereocenters. The Labute approximate surface area is 133 Å². The fraction of sp³-hybridized carbons (Fsp3) is 0.900. The molecule has 1 N–H and O–H groups in total. The van der Waals surface area contributed by atoms with Gasteiger partial charge in [-0.3, -0.25) is 4.79 Å². The minimum absolute atomic E-state index is 0.478. The minimum Gasteiger partial charge on any atom is -0.481 e. The molecule has 0 amide bonds. The smallest absolute Gasteiger partial charge is 0.387 e. The van der Waals surface area contributed by atoms with Crippen LogP contribution in [0.5, 0.6) is 0 Å². The summed E-state index contributed by atoms with van der Waals surface area (Å²) < 4.78 is 48.9. The normalized spacial score (nSPS) is 16.1. The van der Waals surface area contributed by atoms with Crippen LogP contribution in [-0.4, -0.2) is 32.1 Å². The number of halogens is 8. The Kier molecular flexibility index (Phi) is 6.33. The second-order valence-electron chi connectivity index (χ2n) is 5.01. The number of carboxylic acids is 1. The number of rotatable bonds is 7. The lowest BCUT2D eigenvalue weighted by Crippen LogP contribution is -2.52. The highest BCUT2D eigenvalue weighted by molar-refractivity contribution is 6.50. The Morgan fingerprint density at radius 3 is 1.85 bits per heavy atom. The molecule has 20 heavy (non-hydrogen) atoms. The molecule has 0 aromatic rings. The van der Waals surface area contributed by atoms with Crippen LogP contribution in [0, 0.1) is 5.41 Å². The molecule has 0 saturated heterocycles. The fourth-order valence-electron chi connectivity index (χ4n) is 1.34. The topological polar surface area (TPSA) is 37.3 Å². The SMILES string of the molecule is CC(C)(CC(=O)O)C(Cl)CC(Cl)(Cl)C(F)(F)C(F)(F)Cl. The Hall–Kier alpha value is 0.350. The van der Waals surface area contributed by atoms with Crippen molar-refractivity contribution in [2.45, 2.75) is 47.7 Å². The summed E-state index contributed by atoms with van der Waals surface area (Å²) in [5.41, 5.74) is -1.19. The van der Waals surface area contributed by atoms with E-state index in [2.05, 4.69) is 11.6 Å². The highest BCUT2D eigenvalue weighted by atomic mass is 35.5. The second-order valence-corrected chi connectivity index (χ2v) is 7.49. The first-order valence-electron chi connectivity index (χ1n) is 5.23. The molecule has 10 heteroatoms. The average molecular weight is 382 g/mol. The van der Waals surface area contributed by atoms with Gasteiger partial charge in [-0.1, -0.05) is 37.0 Å². The Morgan fingerprint density at radius 1 is 1.15 bits per heavy atom.